The van der Waals surface area contributed by atoms with Crippen LogP contribution in [0.1, 0.15) is 33.4 Å². The zero-order valence-electron chi connectivity index (χ0n) is 32.2. The van der Waals surface area contributed by atoms with Crippen LogP contribution in [0.2, 0.25) is 0 Å². The highest BCUT2D eigenvalue weighted by Gasteiger charge is 2.48. The Bertz CT molecular complexity index is 3210. The van der Waals surface area contributed by atoms with Crippen molar-refractivity contribution in [2.45, 2.75) is 5.41 Å². The van der Waals surface area contributed by atoms with Gasteiger partial charge in [-0.1, -0.05) is 170 Å². The largest absolute Gasteiger partial charge is 0.456 e. The fourth-order valence-corrected chi connectivity index (χ4v) is 9.87. The molecule has 2 aliphatic rings. The van der Waals surface area contributed by atoms with E-state index in [-0.39, 0.29) is 0 Å². The summed E-state index contributed by atoms with van der Waals surface area (Å²) in [5.74, 6) is 0. The first kappa shape index (κ1) is 33.5. The monoisotopic (exact) mass is 751 g/mol. The average Bonchev–Trinajstić information content (AvgIpc) is 3.77. The minimum absolute atomic E-state index is 0.428. The van der Waals surface area contributed by atoms with E-state index in [2.05, 4.69) is 217 Å². The predicted octanol–water partition coefficient (Wildman–Crippen LogP) is 15.2. The number of fused-ring (bicyclic) bond motifs is 12. The number of para-hydroxylation sites is 1. The van der Waals surface area contributed by atoms with Gasteiger partial charge in [0.2, 0.25) is 0 Å². The maximum absolute atomic E-state index is 6.39. The van der Waals surface area contributed by atoms with Gasteiger partial charge in [0.15, 0.2) is 0 Å². The van der Waals surface area contributed by atoms with Gasteiger partial charge in [-0.2, -0.15) is 0 Å². The second-order valence-corrected chi connectivity index (χ2v) is 15.6. The zero-order chi connectivity index (χ0) is 38.9. The van der Waals surface area contributed by atoms with Crippen molar-refractivity contribution in [3.8, 4) is 33.4 Å². The highest BCUT2D eigenvalue weighted by Crippen LogP contribution is 2.59. The van der Waals surface area contributed by atoms with Crippen molar-refractivity contribution < 1.29 is 4.42 Å². The van der Waals surface area contributed by atoms with Gasteiger partial charge in [0.25, 0.3) is 0 Å². The molecule has 276 valence electrons. The Labute approximate surface area is 343 Å². The van der Waals surface area contributed by atoms with E-state index in [0.717, 1.165) is 39.0 Å². The van der Waals surface area contributed by atoms with Gasteiger partial charge in [0.05, 0.1) is 5.41 Å². The second kappa shape index (κ2) is 13.2. The van der Waals surface area contributed by atoms with Crippen LogP contribution in [0, 0.1) is 0 Å². The summed E-state index contributed by atoms with van der Waals surface area (Å²) in [6.45, 7) is 0. The van der Waals surface area contributed by atoms with Gasteiger partial charge in [-0.25, -0.2) is 0 Å². The van der Waals surface area contributed by atoms with Crippen molar-refractivity contribution in [1.82, 2.24) is 0 Å². The first-order chi connectivity index (χ1) is 29.2. The number of rotatable bonds is 5. The minimum Gasteiger partial charge on any atom is -0.456 e. The molecule has 1 aromatic heterocycles. The summed E-state index contributed by atoms with van der Waals surface area (Å²) in [6, 6.07) is 77.2. The molecule has 1 heterocycles. The molecule has 0 fully saturated rings. The Morgan fingerprint density at radius 2 is 0.831 bits per heavy atom. The van der Waals surface area contributed by atoms with Crippen LogP contribution in [-0.4, -0.2) is 0 Å². The number of anilines is 3. The lowest BCUT2D eigenvalue weighted by molar-refractivity contribution is 0.669. The molecule has 0 radical (unpaired) electrons. The third-order valence-electron chi connectivity index (χ3n) is 12.5. The average molecular weight is 752 g/mol. The fourth-order valence-electron chi connectivity index (χ4n) is 9.87. The maximum atomic E-state index is 6.39. The Hall–Kier alpha value is -7.68. The molecular formula is C57H37NO. The Balaban J connectivity index is 0.976. The molecule has 2 heteroatoms. The van der Waals surface area contributed by atoms with E-state index in [1.54, 1.807) is 0 Å². The van der Waals surface area contributed by atoms with Crippen LogP contribution in [0.15, 0.2) is 217 Å². The van der Waals surface area contributed by atoms with E-state index in [1.165, 1.54) is 66.8 Å². The molecule has 0 amide bonds. The van der Waals surface area contributed by atoms with Gasteiger partial charge in [-0.05, 0) is 115 Å². The van der Waals surface area contributed by atoms with E-state index >= 15 is 0 Å². The van der Waals surface area contributed by atoms with Crippen molar-refractivity contribution in [3.63, 3.8) is 0 Å². The van der Waals surface area contributed by atoms with Crippen molar-refractivity contribution in [2.24, 2.45) is 0 Å². The Morgan fingerprint density at radius 3 is 1.54 bits per heavy atom. The lowest BCUT2D eigenvalue weighted by Gasteiger charge is -2.35. The normalized spacial score (nSPS) is 13.2. The Morgan fingerprint density at radius 1 is 0.322 bits per heavy atom. The third kappa shape index (κ3) is 5.13. The molecular weight excluding hydrogens is 715 g/mol. The summed E-state index contributed by atoms with van der Waals surface area (Å²) >= 11 is 0. The highest BCUT2D eigenvalue weighted by atomic mass is 16.3. The zero-order valence-corrected chi connectivity index (χ0v) is 32.2. The summed E-state index contributed by atoms with van der Waals surface area (Å²) in [7, 11) is 0. The van der Waals surface area contributed by atoms with Crippen LogP contribution in [0.3, 0.4) is 0 Å². The SMILES string of the molecule is C1=Cc2ccccc2C2(c3ccccc31)c1ccccc1-c1cc(-c3ccc(N(c4ccc(-c5ccccc5)cc4)c4ccc5c(c4)oc4ccccc45)cc3)ccc12. The highest BCUT2D eigenvalue weighted by molar-refractivity contribution is 6.06. The summed E-state index contributed by atoms with van der Waals surface area (Å²) in [4.78, 5) is 2.32. The molecule has 0 N–H and O–H groups in total. The molecule has 12 rings (SSSR count). The third-order valence-corrected chi connectivity index (χ3v) is 12.5. The molecule has 0 saturated carbocycles. The van der Waals surface area contributed by atoms with Gasteiger partial charge >= 0.3 is 0 Å². The van der Waals surface area contributed by atoms with Crippen molar-refractivity contribution >= 4 is 51.2 Å². The Kier molecular flexibility index (Phi) is 7.48. The summed E-state index contributed by atoms with van der Waals surface area (Å²) in [5, 5.41) is 2.25. The van der Waals surface area contributed by atoms with Crippen LogP contribution in [0.25, 0.3) is 67.5 Å². The topological polar surface area (TPSA) is 16.4 Å². The first-order valence-electron chi connectivity index (χ1n) is 20.3. The minimum atomic E-state index is -0.428. The quantitative estimate of drug-likeness (QED) is 0.174. The smallest absolute Gasteiger partial charge is 0.137 e. The number of nitrogens with zero attached hydrogens (tertiary/aromatic N) is 1. The number of hydrogen-bond donors (Lipinski definition) is 0. The molecule has 59 heavy (non-hydrogen) atoms. The van der Waals surface area contributed by atoms with Crippen molar-refractivity contribution in [1.29, 1.82) is 0 Å². The van der Waals surface area contributed by atoms with Crippen molar-refractivity contribution in [3.05, 3.63) is 246 Å². The van der Waals surface area contributed by atoms with Crippen LogP contribution in [-0.2, 0) is 5.41 Å². The lowest BCUT2D eigenvalue weighted by Crippen LogP contribution is -2.29. The molecule has 0 aliphatic heterocycles. The van der Waals surface area contributed by atoms with E-state index in [1.807, 2.05) is 12.1 Å². The number of furan rings is 1. The molecule has 0 saturated heterocycles. The van der Waals surface area contributed by atoms with Crippen LogP contribution in [0.5, 0.6) is 0 Å². The number of hydrogen-bond acceptors (Lipinski definition) is 2. The van der Waals surface area contributed by atoms with Crippen molar-refractivity contribution in [2.75, 3.05) is 4.90 Å². The molecule has 0 unspecified atom stereocenters. The van der Waals surface area contributed by atoms with Gasteiger partial charge in [-0.15, -0.1) is 0 Å². The predicted molar refractivity (Wildman–Crippen MR) is 246 cm³/mol. The molecule has 1 spiro atoms. The standard InChI is InChI=1S/C57H37NO/c1-2-12-38(13-3-1)39-24-29-44(30-25-39)58(46-33-34-49-48-17-7-11-21-55(48)59-56(49)37-46)45-31-26-40(27-32-45)43-28-35-54-50(36-43)47-16-6-10-20-53(47)57(54)51-18-8-4-14-41(51)22-23-42-15-5-9-19-52(42)57/h1-37H. The van der Waals surface area contributed by atoms with Gasteiger partial charge < -0.3 is 9.32 Å². The van der Waals surface area contributed by atoms with Gasteiger partial charge in [0, 0.05) is 33.9 Å². The van der Waals surface area contributed by atoms with E-state index in [9.17, 15) is 0 Å². The van der Waals surface area contributed by atoms with E-state index in [0.29, 0.717) is 0 Å². The summed E-state index contributed by atoms with van der Waals surface area (Å²) in [5.41, 5.74) is 19.7. The molecule has 2 aliphatic carbocycles. The van der Waals surface area contributed by atoms with Gasteiger partial charge in [0.1, 0.15) is 11.2 Å². The molecule has 0 bridgehead atoms. The number of benzene rings is 9. The van der Waals surface area contributed by atoms with Crippen LogP contribution >= 0.6 is 0 Å². The first-order valence-corrected chi connectivity index (χ1v) is 20.3. The van der Waals surface area contributed by atoms with Crippen LogP contribution < -0.4 is 4.90 Å². The maximum Gasteiger partial charge on any atom is 0.137 e. The molecule has 10 aromatic rings. The fraction of sp³-hybridized carbons (Fsp3) is 0.0175. The van der Waals surface area contributed by atoms with Crippen LogP contribution in [0.4, 0.5) is 17.1 Å². The second-order valence-electron chi connectivity index (χ2n) is 15.6. The molecule has 0 atom stereocenters. The molecule has 9 aromatic carbocycles. The summed E-state index contributed by atoms with van der Waals surface area (Å²) in [6.07, 6.45) is 4.57. The lowest BCUT2D eigenvalue weighted by atomic mass is 9.66. The van der Waals surface area contributed by atoms with E-state index in [4.69, 9.17) is 4.42 Å². The van der Waals surface area contributed by atoms with E-state index < -0.39 is 5.41 Å². The molecule has 2 nitrogen and oxygen atoms in total. The summed E-state index contributed by atoms with van der Waals surface area (Å²) < 4.78 is 6.39. The van der Waals surface area contributed by atoms with Gasteiger partial charge in [-0.3, -0.25) is 0 Å².